The van der Waals surface area contributed by atoms with Crippen LogP contribution < -0.4 is 5.73 Å². The van der Waals surface area contributed by atoms with Crippen molar-refractivity contribution in [2.45, 2.75) is 44.1 Å². The Bertz CT molecular complexity index is 317. The summed E-state index contributed by atoms with van der Waals surface area (Å²) in [4.78, 5) is 0. The van der Waals surface area contributed by atoms with Gasteiger partial charge in [0.1, 0.15) is 0 Å². The third-order valence-electron chi connectivity index (χ3n) is 3.16. The molecule has 3 atom stereocenters. The number of hydrogen-bond donors (Lipinski definition) is 1. The molecule has 5 nitrogen and oxygen atoms in total. The molecule has 1 aliphatic rings. The summed E-state index contributed by atoms with van der Waals surface area (Å²) in [6, 6.07) is 0. The normalized spacial score (nSPS) is 27.2. The van der Waals surface area contributed by atoms with E-state index in [1.54, 1.807) is 0 Å². The fourth-order valence-corrected chi connectivity index (χ4v) is 4.15. The van der Waals surface area contributed by atoms with Crippen molar-refractivity contribution in [3.8, 4) is 0 Å². The topological polar surface area (TPSA) is 78.6 Å². The van der Waals surface area contributed by atoms with E-state index in [0.29, 0.717) is 32.6 Å². The molecule has 0 aromatic carbocycles. The van der Waals surface area contributed by atoms with Crippen LogP contribution in [0.5, 0.6) is 0 Å². The number of rotatable bonds is 7. The van der Waals surface area contributed by atoms with Gasteiger partial charge < -0.3 is 15.2 Å². The molecular formula is C11H23NO4S. The maximum Gasteiger partial charge on any atom is 0.155 e. The van der Waals surface area contributed by atoms with Crippen molar-refractivity contribution in [3.05, 3.63) is 0 Å². The molecule has 0 aromatic rings. The standard InChI is InChI=1S/C11H23NO4S/c1-3-15-10(8-12)5-7-17(13,14)11-4-6-16-9(11)2/h9-11H,3-8,12H2,1-2H3. The summed E-state index contributed by atoms with van der Waals surface area (Å²) in [6.07, 6.45) is 0.720. The van der Waals surface area contributed by atoms with E-state index in [4.69, 9.17) is 15.2 Å². The van der Waals surface area contributed by atoms with Gasteiger partial charge >= 0.3 is 0 Å². The van der Waals surface area contributed by atoms with Crippen LogP contribution in [0.4, 0.5) is 0 Å². The van der Waals surface area contributed by atoms with Gasteiger partial charge in [0.05, 0.1) is 23.2 Å². The van der Waals surface area contributed by atoms with Gasteiger partial charge in [0.15, 0.2) is 9.84 Å². The van der Waals surface area contributed by atoms with Crippen LogP contribution in [0.3, 0.4) is 0 Å². The van der Waals surface area contributed by atoms with Crippen molar-refractivity contribution in [1.29, 1.82) is 0 Å². The van der Waals surface area contributed by atoms with E-state index < -0.39 is 9.84 Å². The third kappa shape index (κ3) is 4.21. The van der Waals surface area contributed by atoms with Crippen LogP contribution in [-0.2, 0) is 19.3 Å². The fraction of sp³-hybridized carbons (Fsp3) is 1.00. The fourth-order valence-electron chi connectivity index (χ4n) is 2.14. The van der Waals surface area contributed by atoms with Crippen molar-refractivity contribution >= 4 is 9.84 Å². The Labute approximate surface area is 104 Å². The Morgan fingerprint density at radius 3 is 2.71 bits per heavy atom. The lowest BCUT2D eigenvalue weighted by atomic mass is 10.2. The van der Waals surface area contributed by atoms with E-state index in [2.05, 4.69) is 0 Å². The van der Waals surface area contributed by atoms with Crippen LogP contribution in [0, 0.1) is 0 Å². The van der Waals surface area contributed by atoms with Crippen molar-refractivity contribution < 1.29 is 17.9 Å². The summed E-state index contributed by atoms with van der Waals surface area (Å²) in [5, 5.41) is -0.359. The first-order chi connectivity index (χ1) is 8.01. The molecule has 1 fully saturated rings. The SMILES string of the molecule is CCOC(CN)CCS(=O)(=O)C1CCOC1C. The molecule has 0 radical (unpaired) electrons. The van der Waals surface area contributed by atoms with Crippen molar-refractivity contribution in [3.63, 3.8) is 0 Å². The zero-order chi connectivity index (χ0) is 12.9. The van der Waals surface area contributed by atoms with Crippen LogP contribution in [-0.4, -0.2) is 51.4 Å². The van der Waals surface area contributed by atoms with Gasteiger partial charge in [-0.1, -0.05) is 0 Å². The summed E-state index contributed by atoms with van der Waals surface area (Å²) in [5.41, 5.74) is 5.52. The van der Waals surface area contributed by atoms with Crippen LogP contribution in [0.1, 0.15) is 26.7 Å². The second-order valence-electron chi connectivity index (χ2n) is 4.37. The van der Waals surface area contributed by atoms with Gasteiger partial charge in [-0.05, 0) is 26.7 Å². The minimum absolute atomic E-state index is 0.132. The largest absolute Gasteiger partial charge is 0.377 e. The first-order valence-corrected chi connectivity index (χ1v) is 7.87. The summed E-state index contributed by atoms with van der Waals surface area (Å²) in [6.45, 7) is 5.16. The second kappa shape index (κ2) is 6.68. The monoisotopic (exact) mass is 265 g/mol. The predicted molar refractivity (Wildman–Crippen MR) is 66.7 cm³/mol. The quantitative estimate of drug-likeness (QED) is 0.718. The molecule has 1 saturated heterocycles. The Hall–Kier alpha value is -0.170. The first kappa shape index (κ1) is 14.9. The number of nitrogens with two attached hydrogens (primary N) is 1. The lowest BCUT2D eigenvalue weighted by molar-refractivity contribution is 0.0670. The molecule has 1 aliphatic heterocycles. The van der Waals surface area contributed by atoms with Gasteiger partial charge in [-0.3, -0.25) is 0 Å². The Morgan fingerprint density at radius 1 is 1.53 bits per heavy atom. The highest BCUT2D eigenvalue weighted by Crippen LogP contribution is 2.22. The van der Waals surface area contributed by atoms with Crippen molar-refractivity contribution in [2.24, 2.45) is 5.73 Å². The summed E-state index contributed by atoms with van der Waals surface area (Å²) >= 11 is 0. The van der Waals surface area contributed by atoms with Crippen LogP contribution in [0.25, 0.3) is 0 Å². The first-order valence-electron chi connectivity index (χ1n) is 6.16. The highest BCUT2D eigenvalue weighted by molar-refractivity contribution is 7.92. The van der Waals surface area contributed by atoms with Crippen molar-refractivity contribution in [1.82, 2.24) is 0 Å². The number of hydrogen-bond acceptors (Lipinski definition) is 5. The Morgan fingerprint density at radius 2 is 2.24 bits per heavy atom. The highest BCUT2D eigenvalue weighted by Gasteiger charge is 2.35. The zero-order valence-corrected chi connectivity index (χ0v) is 11.4. The molecule has 2 N–H and O–H groups in total. The van der Waals surface area contributed by atoms with Gasteiger partial charge in [-0.15, -0.1) is 0 Å². The number of sulfone groups is 1. The van der Waals surface area contributed by atoms with E-state index in [9.17, 15) is 8.42 Å². The average molecular weight is 265 g/mol. The Balaban J connectivity index is 2.49. The summed E-state index contributed by atoms with van der Waals surface area (Å²) in [7, 11) is -3.09. The van der Waals surface area contributed by atoms with E-state index in [1.807, 2.05) is 13.8 Å². The smallest absolute Gasteiger partial charge is 0.155 e. The maximum absolute atomic E-state index is 12.1. The van der Waals surface area contributed by atoms with Gasteiger partial charge in [0.2, 0.25) is 0 Å². The number of ether oxygens (including phenoxy) is 2. The van der Waals surface area contributed by atoms with E-state index in [1.165, 1.54) is 0 Å². The molecule has 6 heteroatoms. The summed E-state index contributed by atoms with van der Waals surface area (Å²) < 4.78 is 34.8. The lowest BCUT2D eigenvalue weighted by Crippen LogP contribution is -2.33. The molecule has 0 bridgehead atoms. The summed E-state index contributed by atoms with van der Waals surface area (Å²) in [5.74, 6) is 0.132. The predicted octanol–water partition coefficient (Wildman–Crippen LogP) is 0.333. The third-order valence-corrected chi connectivity index (χ3v) is 5.50. The van der Waals surface area contributed by atoms with Gasteiger partial charge in [-0.2, -0.15) is 0 Å². The molecule has 0 spiro atoms. The minimum atomic E-state index is -3.09. The molecule has 17 heavy (non-hydrogen) atoms. The molecule has 3 unspecified atom stereocenters. The van der Waals surface area contributed by atoms with E-state index >= 15 is 0 Å². The highest BCUT2D eigenvalue weighted by atomic mass is 32.2. The second-order valence-corrected chi connectivity index (χ2v) is 6.71. The molecule has 0 aromatic heterocycles. The molecule has 0 aliphatic carbocycles. The lowest BCUT2D eigenvalue weighted by Gasteiger charge is -2.18. The molecule has 0 amide bonds. The molecule has 102 valence electrons. The average Bonchev–Trinajstić information content (AvgIpc) is 2.71. The van der Waals surface area contributed by atoms with E-state index in [-0.39, 0.29) is 23.2 Å². The molecule has 0 saturated carbocycles. The van der Waals surface area contributed by atoms with E-state index in [0.717, 1.165) is 0 Å². The van der Waals surface area contributed by atoms with Crippen LogP contribution >= 0.6 is 0 Å². The van der Waals surface area contributed by atoms with Gasteiger partial charge in [0, 0.05) is 19.8 Å². The Kier molecular flexibility index (Phi) is 5.85. The van der Waals surface area contributed by atoms with Crippen LogP contribution in [0.15, 0.2) is 0 Å². The minimum Gasteiger partial charge on any atom is -0.377 e. The van der Waals surface area contributed by atoms with Crippen LogP contribution in [0.2, 0.25) is 0 Å². The van der Waals surface area contributed by atoms with Gasteiger partial charge in [-0.25, -0.2) is 8.42 Å². The van der Waals surface area contributed by atoms with Crippen molar-refractivity contribution in [2.75, 3.05) is 25.5 Å². The maximum atomic E-state index is 12.1. The molecule has 1 rings (SSSR count). The zero-order valence-electron chi connectivity index (χ0n) is 10.6. The van der Waals surface area contributed by atoms with Gasteiger partial charge in [0.25, 0.3) is 0 Å². The molecule has 1 heterocycles. The molecular weight excluding hydrogens is 242 g/mol.